The molecule has 21 heavy (non-hydrogen) atoms. The molecule has 2 aromatic rings. The summed E-state index contributed by atoms with van der Waals surface area (Å²) in [5.41, 5.74) is 3.73. The fourth-order valence-electron chi connectivity index (χ4n) is 2.83. The van der Waals surface area contributed by atoms with E-state index >= 15 is 0 Å². The van der Waals surface area contributed by atoms with Gasteiger partial charge in [-0.15, -0.1) is 11.3 Å². The summed E-state index contributed by atoms with van der Waals surface area (Å²) < 4.78 is 5.89. The van der Waals surface area contributed by atoms with Gasteiger partial charge in [0.2, 0.25) is 0 Å². The molecule has 1 unspecified atom stereocenters. The number of benzene rings is 1. The van der Waals surface area contributed by atoms with Crippen molar-refractivity contribution in [3.63, 3.8) is 0 Å². The zero-order valence-electron chi connectivity index (χ0n) is 12.4. The van der Waals surface area contributed by atoms with Crippen LogP contribution in [0.1, 0.15) is 41.0 Å². The molecule has 112 valence electrons. The van der Waals surface area contributed by atoms with Gasteiger partial charge in [-0.25, -0.2) is 0 Å². The van der Waals surface area contributed by atoms with E-state index < -0.39 is 0 Å². The number of aryl methyl sites for hydroxylation is 1. The quantitative estimate of drug-likeness (QED) is 0.859. The van der Waals surface area contributed by atoms with E-state index in [1.807, 2.05) is 6.07 Å². The van der Waals surface area contributed by atoms with Crippen molar-refractivity contribution >= 4 is 22.9 Å². The molecule has 2 heterocycles. The van der Waals surface area contributed by atoms with Crippen LogP contribution in [0.5, 0.6) is 5.75 Å². The number of halogens is 1. The van der Waals surface area contributed by atoms with Crippen LogP contribution >= 0.6 is 22.9 Å². The minimum atomic E-state index is 0.162. The molecule has 0 amide bonds. The third-order valence-corrected chi connectivity index (χ3v) is 5.15. The second-order valence-electron chi connectivity index (χ2n) is 5.44. The summed E-state index contributed by atoms with van der Waals surface area (Å²) in [6.07, 6.45) is 2.05. The summed E-state index contributed by atoms with van der Waals surface area (Å²) in [6, 6.07) is 6.42. The molecule has 3 rings (SSSR count). The first-order valence-electron chi connectivity index (χ1n) is 7.43. The number of thiophene rings is 1. The Morgan fingerprint density at radius 3 is 3.00 bits per heavy atom. The highest BCUT2D eigenvalue weighted by atomic mass is 35.5. The summed E-state index contributed by atoms with van der Waals surface area (Å²) in [4.78, 5) is 1.35. The molecule has 1 N–H and O–H groups in total. The number of rotatable bonds is 5. The van der Waals surface area contributed by atoms with Crippen LogP contribution in [0.25, 0.3) is 0 Å². The summed E-state index contributed by atoms with van der Waals surface area (Å²) in [7, 11) is 0. The zero-order valence-corrected chi connectivity index (χ0v) is 14.0. The van der Waals surface area contributed by atoms with Gasteiger partial charge in [0.05, 0.1) is 12.6 Å². The summed E-state index contributed by atoms with van der Waals surface area (Å²) in [5.74, 6) is 1.03. The van der Waals surface area contributed by atoms with Gasteiger partial charge in [-0.2, -0.15) is 0 Å². The van der Waals surface area contributed by atoms with Crippen molar-refractivity contribution in [1.29, 1.82) is 0 Å². The Labute approximate surface area is 135 Å². The second-order valence-corrected chi connectivity index (χ2v) is 6.82. The number of nitrogens with one attached hydrogen (secondary N) is 1. The first-order chi connectivity index (χ1) is 10.2. The van der Waals surface area contributed by atoms with Crippen molar-refractivity contribution in [2.75, 3.05) is 13.2 Å². The van der Waals surface area contributed by atoms with Crippen LogP contribution in [0.2, 0.25) is 5.02 Å². The molecule has 0 fully saturated rings. The third-order valence-electron chi connectivity index (χ3n) is 3.85. The molecule has 0 saturated heterocycles. The average molecular weight is 322 g/mol. The monoisotopic (exact) mass is 321 g/mol. The van der Waals surface area contributed by atoms with E-state index in [1.54, 1.807) is 11.3 Å². The van der Waals surface area contributed by atoms with E-state index in [0.717, 1.165) is 36.8 Å². The molecule has 4 heteroatoms. The largest absolute Gasteiger partial charge is 0.493 e. The maximum atomic E-state index is 6.33. The van der Waals surface area contributed by atoms with Gasteiger partial charge in [0.25, 0.3) is 0 Å². The zero-order chi connectivity index (χ0) is 14.8. The third kappa shape index (κ3) is 2.96. The number of hydrogen-bond acceptors (Lipinski definition) is 3. The first-order valence-corrected chi connectivity index (χ1v) is 8.69. The van der Waals surface area contributed by atoms with Crippen molar-refractivity contribution in [1.82, 2.24) is 5.32 Å². The van der Waals surface area contributed by atoms with Crippen LogP contribution in [-0.2, 0) is 6.42 Å². The van der Waals surface area contributed by atoms with Gasteiger partial charge in [0.1, 0.15) is 5.75 Å². The van der Waals surface area contributed by atoms with Crippen LogP contribution in [0, 0.1) is 6.92 Å². The molecule has 0 aliphatic carbocycles. The smallest absolute Gasteiger partial charge is 0.127 e. The molecule has 0 spiro atoms. The van der Waals surface area contributed by atoms with E-state index in [-0.39, 0.29) is 6.04 Å². The van der Waals surface area contributed by atoms with Gasteiger partial charge < -0.3 is 10.1 Å². The lowest BCUT2D eigenvalue weighted by Crippen LogP contribution is -2.23. The lowest BCUT2D eigenvalue weighted by Gasteiger charge is -2.21. The highest BCUT2D eigenvalue weighted by Crippen LogP contribution is 2.40. The van der Waals surface area contributed by atoms with E-state index in [1.165, 1.54) is 21.6 Å². The molecular weight excluding hydrogens is 302 g/mol. The second kappa shape index (κ2) is 6.39. The van der Waals surface area contributed by atoms with Crippen LogP contribution in [-0.4, -0.2) is 13.2 Å². The Morgan fingerprint density at radius 1 is 1.43 bits per heavy atom. The first kappa shape index (κ1) is 14.9. The Kier molecular flexibility index (Phi) is 4.53. The Hall–Kier alpha value is -1.03. The standard InChI is InChI=1S/C17H20ClNOS/c1-3-6-19-15(17-11(2)5-8-21-17)14-10-13(18)9-12-4-7-20-16(12)14/h5,8-10,15,19H,3-4,6-7H2,1-2H3. The van der Waals surface area contributed by atoms with Gasteiger partial charge in [-0.05, 0) is 54.6 Å². The van der Waals surface area contributed by atoms with Crippen molar-refractivity contribution in [2.45, 2.75) is 32.7 Å². The van der Waals surface area contributed by atoms with Crippen LogP contribution in [0.3, 0.4) is 0 Å². The van der Waals surface area contributed by atoms with Crippen LogP contribution in [0.4, 0.5) is 0 Å². The lowest BCUT2D eigenvalue weighted by atomic mass is 9.99. The van der Waals surface area contributed by atoms with Crippen molar-refractivity contribution in [3.8, 4) is 5.75 Å². The molecule has 1 aromatic carbocycles. The lowest BCUT2D eigenvalue weighted by molar-refractivity contribution is 0.350. The topological polar surface area (TPSA) is 21.3 Å². The minimum absolute atomic E-state index is 0.162. The fourth-order valence-corrected chi connectivity index (χ4v) is 4.09. The summed E-state index contributed by atoms with van der Waals surface area (Å²) >= 11 is 8.12. The van der Waals surface area contributed by atoms with Gasteiger partial charge in [0, 0.05) is 21.9 Å². The van der Waals surface area contributed by atoms with Gasteiger partial charge in [-0.3, -0.25) is 0 Å². The molecule has 2 nitrogen and oxygen atoms in total. The summed E-state index contributed by atoms with van der Waals surface area (Å²) in [6.45, 7) is 6.08. The Balaban J connectivity index is 2.07. The predicted molar refractivity (Wildman–Crippen MR) is 89.8 cm³/mol. The Morgan fingerprint density at radius 2 is 2.29 bits per heavy atom. The van der Waals surface area contributed by atoms with Crippen molar-refractivity contribution in [3.05, 3.63) is 50.2 Å². The van der Waals surface area contributed by atoms with E-state index in [2.05, 4.69) is 36.7 Å². The fraction of sp³-hybridized carbons (Fsp3) is 0.412. The normalized spacial score (nSPS) is 14.8. The maximum Gasteiger partial charge on any atom is 0.127 e. The predicted octanol–water partition coefficient (Wildman–Crippen LogP) is 4.73. The molecule has 1 atom stereocenters. The SMILES string of the molecule is CCCNC(c1cc(Cl)cc2c1OCC2)c1sccc1C. The molecule has 0 radical (unpaired) electrons. The number of hydrogen-bond donors (Lipinski definition) is 1. The molecule has 1 aliphatic heterocycles. The van der Waals surface area contributed by atoms with Gasteiger partial charge >= 0.3 is 0 Å². The maximum absolute atomic E-state index is 6.33. The van der Waals surface area contributed by atoms with Crippen LogP contribution < -0.4 is 10.1 Å². The van der Waals surface area contributed by atoms with E-state index in [9.17, 15) is 0 Å². The molecule has 1 aliphatic rings. The molecule has 0 bridgehead atoms. The van der Waals surface area contributed by atoms with E-state index in [0.29, 0.717) is 0 Å². The Bertz CT molecular complexity index is 638. The number of ether oxygens (including phenoxy) is 1. The minimum Gasteiger partial charge on any atom is -0.493 e. The van der Waals surface area contributed by atoms with E-state index in [4.69, 9.17) is 16.3 Å². The van der Waals surface area contributed by atoms with Crippen molar-refractivity contribution < 1.29 is 4.74 Å². The van der Waals surface area contributed by atoms with Crippen molar-refractivity contribution in [2.24, 2.45) is 0 Å². The number of fused-ring (bicyclic) bond motifs is 1. The van der Waals surface area contributed by atoms with Gasteiger partial charge in [0.15, 0.2) is 0 Å². The average Bonchev–Trinajstić information content (AvgIpc) is 3.08. The highest BCUT2D eigenvalue weighted by molar-refractivity contribution is 7.10. The molecule has 0 saturated carbocycles. The molecule has 1 aromatic heterocycles. The molecular formula is C17H20ClNOS. The summed E-state index contributed by atoms with van der Waals surface area (Å²) in [5, 5.41) is 6.61. The highest BCUT2D eigenvalue weighted by Gasteiger charge is 2.25. The van der Waals surface area contributed by atoms with Crippen LogP contribution in [0.15, 0.2) is 23.6 Å². The van der Waals surface area contributed by atoms with Gasteiger partial charge in [-0.1, -0.05) is 18.5 Å².